The molecule has 0 radical (unpaired) electrons. The second-order valence-electron chi connectivity index (χ2n) is 9.39. The van der Waals surface area contributed by atoms with E-state index in [1.165, 1.54) is 22.8 Å². The van der Waals surface area contributed by atoms with Crippen molar-refractivity contribution in [2.24, 2.45) is 0 Å². The lowest BCUT2D eigenvalue weighted by Gasteiger charge is -2.39. The van der Waals surface area contributed by atoms with Gasteiger partial charge in [-0.05, 0) is 38.7 Å². The number of carbonyl (C=O) groups excluding carboxylic acids is 2. The van der Waals surface area contributed by atoms with Crippen molar-refractivity contribution in [3.8, 4) is 21.8 Å². The van der Waals surface area contributed by atoms with Crippen molar-refractivity contribution < 1.29 is 14.7 Å². The van der Waals surface area contributed by atoms with E-state index in [1.807, 2.05) is 22.4 Å². The van der Waals surface area contributed by atoms with Gasteiger partial charge in [-0.2, -0.15) is 9.61 Å². The monoisotopic (exact) mass is 503 g/mol. The number of carbonyl (C=O) groups is 2. The largest absolute Gasteiger partial charge is 0.387 e. The zero-order chi connectivity index (χ0) is 25.0. The average molecular weight is 504 g/mol. The zero-order valence-corrected chi connectivity index (χ0v) is 20.5. The van der Waals surface area contributed by atoms with Crippen LogP contribution in [0, 0.1) is 0 Å². The molecule has 2 aliphatic rings. The normalized spacial score (nSPS) is 21.3. The van der Waals surface area contributed by atoms with Crippen LogP contribution in [-0.2, 0) is 4.79 Å². The Bertz CT molecular complexity index is 1450. The van der Waals surface area contributed by atoms with Gasteiger partial charge in [0.1, 0.15) is 17.4 Å². The summed E-state index contributed by atoms with van der Waals surface area (Å²) in [6.07, 6.45) is 8.33. The number of fused-ring (bicyclic) bond motifs is 3. The summed E-state index contributed by atoms with van der Waals surface area (Å²) >= 11 is 1.53. The minimum atomic E-state index is -0.484. The summed E-state index contributed by atoms with van der Waals surface area (Å²) < 4.78 is 1.52. The lowest BCUT2D eigenvalue weighted by molar-refractivity contribution is -0.138. The Kier molecular flexibility index (Phi) is 5.53. The van der Waals surface area contributed by atoms with E-state index in [0.29, 0.717) is 29.7 Å². The van der Waals surface area contributed by atoms with Crippen molar-refractivity contribution >= 4 is 34.5 Å². The molecule has 4 aromatic rings. The number of rotatable bonds is 5. The molecule has 0 saturated carbocycles. The second-order valence-corrected chi connectivity index (χ2v) is 10.3. The van der Waals surface area contributed by atoms with E-state index in [1.54, 1.807) is 18.6 Å². The molecule has 0 aromatic carbocycles. The van der Waals surface area contributed by atoms with Crippen molar-refractivity contribution in [1.82, 2.24) is 29.5 Å². The molecular formula is C25H25N7O3S. The van der Waals surface area contributed by atoms with Gasteiger partial charge in [-0.1, -0.05) is 6.07 Å². The summed E-state index contributed by atoms with van der Waals surface area (Å²) in [4.78, 5) is 40.7. The number of anilines is 1. The number of piperidine rings is 1. The third-order valence-electron chi connectivity index (χ3n) is 7.33. The maximum atomic E-state index is 12.7. The third-order valence-corrected chi connectivity index (χ3v) is 8.13. The molecule has 184 valence electrons. The van der Waals surface area contributed by atoms with Crippen LogP contribution in [0.4, 0.5) is 5.82 Å². The molecule has 3 N–H and O–H groups in total. The van der Waals surface area contributed by atoms with Gasteiger partial charge in [0.25, 0.3) is 0 Å². The number of ketones is 1. The summed E-state index contributed by atoms with van der Waals surface area (Å²) in [7, 11) is 0. The summed E-state index contributed by atoms with van der Waals surface area (Å²) in [6.45, 7) is 1.01. The van der Waals surface area contributed by atoms with Gasteiger partial charge < -0.3 is 15.7 Å². The maximum absolute atomic E-state index is 12.7. The quantitative estimate of drug-likeness (QED) is 0.396. The first kappa shape index (κ1) is 22.7. The van der Waals surface area contributed by atoms with Crippen LogP contribution in [0.25, 0.3) is 27.5 Å². The van der Waals surface area contributed by atoms with Gasteiger partial charge in [0.15, 0.2) is 11.4 Å². The van der Waals surface area contributed by atoms with Gasteiger partial charge >= 0.3 is 0 Å². The number of hydrogen-bond acceptors (Lipinski definition) is 9. The summed E-state index contributed by atoms with van der Waals surface area (Å²) in [5.74, 6) is -0.154. The average Bonchev–Trinajstić information content (AvgIpc) is 3.62. The molecule has 1 amide bonds. The summed E-state index contributed by atoms with van der Waals surface area (Å²) in [5.41, 5.74) is 10.5. The van der Waals surface area contributed by atoms with Crippen LogP contribution < -0.4 is 5.73 Å². The van der Waals surface area contributed by atoms with Gasteiger partial charge in [-0.25, -0.2) is 9.97 Å². The van der Waals surface area contributed by atoms with E-state index in [-0.39, 0.29) is 35.5 Å². The lowest BCUT2D eigenvalue weighted by Crippen LogP contribution is -2.47. The van der Waals surface area contributed by atoms with Crippen LogP contribution in [0.3, 0.4) is 0 Å². The number of nitrogens with zero attached hydrogens (tertiary/aromatic N) is 6. The van der Waals surface area contributed by atoms with E-state index >= 15 is 0 Å². The minimum Gasteiger partial charge on any atom is -0.387 e. The number of Topliss-reactive ketones (excluding diaryl/α,β-unsaturated/α-hetero) is 1. The van der Waals surface area contributed by atoms with Gasteiger partial charge in [0, 0.05) is 46.9 Å². The van der Waals surface area contributed by atoms with E-state index in [4.69, 9.17) is 10.7 Å². The maximum Gasteiger partial charge on any atom is 0.248 e. The SMILES string of the molecule is CC(=O)c1c([C@@H]2C[C@H]3CC[C@@H](C2)N3C(=O)CO)nc2c(-c3ccc(-c4nccs4)nc3)cnn2c1N. The Morgan fingerprint density at radius 2 is 1.94 bits per heavy atom. The molecule has 0 aliphatic carbocycles. The molecule has 0 spiro atoms. The molecule has 11 heteroatoms. The van der Waals surface area contributed by atoms with Gasteiger partial charge in [-0.3, -0.25) is 14.6 Å². The van der Waals surface area contributed by atoms with E-state index in [9.17, 15) is 14.7 Å². The predicted octanol–water partition coefficient (Wildman–Crippen LogP) is 2.93. The Balaban J connectivity index is 1.42. The van der Waals surface area contributed by atoms with Crippen molar-refractivity contribution in [3.05, 3.63) is 47.4 Å². The number of nitrogens with two attached hydrogens (primary N) is 1. The highest BCUT2D eigenvalue weighted by Crippen LogP contribution is 2.44. The Hall–Kier alpha value is -3.70. The summed E-state index contributed by atoms with van der Waals surface area (Å²) in [6, 6.07) is 3.92. The molecule has 6 rings (SSSR count). The van der Waals surface area contributed by atoms with Crippen LogP contribution >= 0.6 is 11.3 Å². The highest BCUT2D eigenvalue weighted by Gasteiger charge is 2.44. The number of hydrogen-bond donors (Lipinski definition) is 2. The molecule has 2 fully saturated rings. The molecule has 36 heavy (non-hydrogen) atoms. The number of nitrogen functional groups attached to an aromatic ring is 1. The molecule has 3 atom stereocenters. The summed E-state index contributed by atoms with van der Waals surface area (Å²) in [5, 5.41) is 16.6. The van der Waals surface area contributed by atoms with Crippen molar-refractivity contribution in [3.63, 3.8) is 0 Å². The van der Waals surface area contributed by atoms with Crippen LogP contribution in [0.15, 0.2) is 36.1 Å². The number of aromatic nitrogens is 5. The molecule has 6 heterocycles. The first-order valence-electron chi connectivity index (χ1n) is 11.9. The Morgan fingerprint density at radius 1 is 1.17 bits per heavy atom. The zero-order valence-electron chi connectivity index (χ0n) is 19.7. The number of aliphatic hydroxyl groups excluding tert-OH is 1. The van der Waals surface area contributed by atoms with Crippen LogP contribution in [0.1, 0.15) is 54.6 Å². The van der Waals surface area contributed by atoms with E-state index in [2.05, 4.69) is 15.1 Å². The van der Waals surface area contributed by atoms with E-state index in [0.717, 1.165) is 34.7 Å². The Morgan fingerprint density at radius 3 is 2.56 bits per heavy atom. The molecule has 10 nitrogen and oxygen atoms in total. The predicted molar refractivity (Wildman–Crippen MR) is 134 cm³/mol. The molecule has 0 unspecified atom stereocenters. The van der Waals surface area contributed by atoms with Crippen LogP contribution in [-0.4, -0.2) is 65.0 Å². The standard InChI is InChI=1S/C25H25N7O3S/c1-13(34)21-22(15-8-16-3-4-17(9-15)31(16)20(35)12-33)30-24-18(11-29-32(24)23(21)26)14-2-5-19(28-10-14)25-27-6-7-36-25/h2,5-7,10-11,15-17,33H,3-4,8-9,12,26H2,1H3/t15-,16-,17+. The minimum absolute atomic E-state index is 0.0235. The van der Waals surface area contributed by atoms with Gasteiger partial charge in [0.05, 0.1) is 23.1 Å². The van der Waals surface area contributed by atoms with Crippen molar-refractivity contribution in [2.45, 2.75) is 50.6 Å². The third kappa shape index (κ3) is 3.58. The van der Waals surface area contributed by atoms with Crippen molar-refractivity contribution in [2.75, 3.05) is 12.3 Å². The first-order valence-corrected chi connectivity index (χ1v) is 12.8. The van der Waals surface area contributed by atoms with Crippen LogP contribution in [0.5, 0.6) is 0 Å². The fourth-order valence-electron chi connectivity index (χ4n) is 5.81. The lowest BCUT2D eigenvalue weighted by atomic mass is 9.85. The fourth-order valence-corrected chi connectivity index (χ4v) is 6.43. The van der Waals surface area contributed by atoms with E-state index < -0.39 is 6.61 Å². The number of pyridine rings is 1. The first-order chi connectivity index (χ1) is 17.5. The number of aliphatic hydroxyl groups is 1. The number of thiazole rings is 1. The van der Waals surface area contributed by atoms with Gasteiger partial charge in [0.2, 0.25) is 5.91 Å². The fraction of sp³-hybridized carbons (Fsp3) is 0.360. The highest BCUT2D eigenvalue weighted by atomic mass is 32.1. The molecule has 2 aliphatic heterocycles. The Labute approximate surface area is 210 Å². The number of amides is 1. The molecule has 2 saturated heterocycles. The molecular weight excluding hydrogens is 478 g/mol. The topological polar surface area (TPSA) is 140 Å². The van der Waals surface area contributed by atoms with Gasteiger partial charge in [-0.15, -0.1) is 11.3 Å². The molecule has 4 aromatic heterocycles. The smallest absolute Gasteiger partial charge is 0.248 e. The second kappa shape index (κ2) is 8.75. The molecule has 2 bridgehead atoms. The highest BCUT2D eigenvalue weighted by molar-refractivity contribution is 7.13. The van der Waals surface area contributed by atoms with Crippen LogP contribution in [0.2, 0.25) is 0 Å². The van der Waals surface area contributed by atoms with Crippen molar-refractivity contribution in [1.29, 1.82) is 0 Å².